The monoisotopic (exact) mass is 269 g/mol. The van der Waals surface area contributed by atoms with Crippen LogP contribution in [0.4, 0.5) is 5.82 Å². The second-order valence-electron chi connectivity index (χ2n) is 3.37. The van der Waals surface area contributed by atoms with E-state index in [4.69, 9.17) is 33.7 Å². The highest BCUT2D eigenvalue weighted by molar-refractivity contribution is 6.34. The third kappa shape index (κ3) is 2.60. The predicted molar refractivity (Wildman–Crippen MR) is 67.7 cm³/mol. The van der Waals surface area contributed by atoms with Crippen LogP contribution in [0.5, 0.6) is 11.6 Å². The first kappa shape index (κ1) is 12.0. The summed E-state index contributed by atoms with van der Waals surface area (Å²) < 4.78 is 5.55. The molecule has 0 aliphatic carbocycles. The Hall–Kier alpha value is -1.52. The molecule has 0 amide bonds. The van der Waals surface area contributed by atoms with Crippen LogP contribution >= 0.6 is 23.2 Å². The van der Waals surface area contributed by atoms with Crippen molar-refractivity contribution in [2.45, 2.75) is 6.92 Å². The normalized spacial score (nSPS) is 10.3. The van der Waals surface area contributed by atoms with Gasteiger partial charge in [-0.25, -0.2) is 9.97 Å². The summed E-state index contributed by atoms with van der Waals surface area (Å²) in [6.45, 7) is 1.77. The smallest absolute Gasteiger partial charge is 0.227 e. The molecule has 1 aromatic carbocycles. The summed E-state index contributed by atoms with van der Waals surface area (Å²) in [6, 6.07) is 4.94. The van der Waals surface area contributed by atoms with Gasteiger partial charge >= 0.3 is 0 Å². The molecule has 17 heavy (non-hydrogen) atoms. The maximum atomic E-state index is 5.98. The van der Waals surface area contributed by atoms with E-state index < -0.39 is 0 Å². The van der Waals surface area contributed by atoms with Crippen molar-refractivity contribution < 1.29 is 4.74 Å². The number of aromatic nitrogens is 2. The molecule has 0 spiro atoms. The van der Waals surface area contributed by atoms with Crippen molar-refractivity contribution in [2.24, 2.45) is 0 Å². The van der Waals surface area contributed by atoms with Crippen LogP contribution in [0.25, 0.3) is 0 Å². The standard InChI is InChI=1S/C11H9Cl2N3O/c1-6-10(14)15-5-16-11(6)17-9-4-7(12)2-3-8(9)13/h2-5H,1H3,(H2,14,15,16). The van der Waals surface area contributed by atoms with E-state index in [2.05, 4.69) is 9.97 Å². The zero-order valence-corrected chi connectivity index (χ0v) is 10.5. The van der Waals surface area contributed by atoms with Gasteiger partial charge in [-0.2, -0.15) is 0 Å². The quantitative estimate of drug-likeness (QED) is 0.907. The predicted octanol–water partition coefficient (Wildman–Crippen LogP) is 3.47. The molecule has 0 atom stereocenters. The average Bonchev–Trinajstić information content (AvgIpc) is 2.30. The van der Waals surface area contributed by atoms with Crippen LogP contribution in [0.15, 0.2) is 24.5 Å². The first-order valence-corrected chi connectivity index (χ1v) is 5.53. The highest BCUT2D eigenvalue weighted by atomic mass is 35.5. The Morgan fingerprint density at radius 3 is 2.76 bits per heavy atom. The van der Waals surface area contributed by atoms with Crippen molar-refractivity contribution in [3.05, 3.63) is 40.1 Å². The number of ether oxygens (including phenoxy) is 1. The SMILES string of the molecule is Cc1c(N)ncnc1Oc1cc(Cl)ccc1Cl. The molecular formula is C11H9Cl2N3O. The summed E-state index contributed by atoms with van der Waals surface area (Å²) in [6.07, 6.45) is 1.33. The Labute approximate surface area is 108 Å². The van der Waals surface area contributed by atoms with E-state index in [1.165, 1.54) is 6.33 Å². The number of nitrogen functional groups attached to an aromatic ring is 1. The minimum absolute atomic E-state index is 0.363. The van der Waals surface area contributed by atoms with Crippen molar-refractivity contribution in [2.75, 3.05) is 5.73 Å². The molecule has 0 bridgehead atoms. The molecule has 88 valence electrons. The third-order valence-corrected chi connectivity index (χ3v) is 2.72. The van der Waals surface area contributed by atoms with Crippen molar-refractivity contribution in [3.63, 3.8) is 0 Å². The summed E-state index contributed by atoms with van der Waals surface area (Å²) in [5.74, 6) is 1.16. The Bertz CT molecular complexity index is 560. The van der Waals surface area contributed by atoms with Crippen LogP contribution in [-0.4, -0.2) is 9.97 Å². The lowest BCUT2D eigenvalue weighted by Crippen LogP contribution is -1.99. The van der Waals surface area contributed by atoms with Gasteiger partial charge in [0.25, 0.3) is 0 Å². The molecule has 4 nitrogen and oxygen atoms in total. The topological polar surface area (TPSA) is 61.0 Å². The Morgan fingerprint density at radius 1 is 1.24 bits per heavy atom. The van der Waals surface area contributed by atoms with E-state index in [1.807, 2.05) is 0 Å². The van der Waals surface area contributed by atoms with E-state index >= 15 is 0 Å². The van der Waals surface area contributed by atoms with Gasteiger partial charge < -0.3 is 10.5 Å². The number of hydrogen-bond donors (Lipinski definition) is 1. The molecule has 0 aliphatic heterocycles. The fourth-order valence-electron chi connectivity index (χ4n) is 1.21. The van der Waals surface area contributed by atoms with Crippen LogP contribution in [0.3, 0.4) is 0 Å². The molecule has 0 aliphatic rings. The van der Waals surface area contributed by atoms with Gasteiger partial charge in [0.2, 0.25) is 5.88 Å². The minimum atomic E-state index is 0.363. The molecule has 0 saturated carbocycles. The molecule has 0 unspecified atom stereocenters. The molecule has 0 radical (unpaired) electrons. The number of rotatable bonds is 2. The van der Waals surface area contributed by atoms with Gasteiger partial charge in [0, 0.05) is 11.1 Å². The lowest BCUT2D eigenvalue weighted by atomic mass is 10.3. The molecule has 2 N–H and O–H groups in total. The van der Waals surface area contributed by atoms with E-state index in [9.17, 15) is 0 Å². The average molecular weight is 270 g/mol. The lowest BCUT2D eigenvalue weighted by molar-refractivity contribution is 0.458. The summed E-state index contributed by atoms with van der Waals surface area (Å²) in [5, 5.41) is 0.982. The van der Waals surface area contributed by atoms with Crippen LogP contribution in [0.2, 0.25) is 10.0 Å². The number of anilines is 1. The van der Waals surface area contributed by atoms with Crippen LogP contribution in [0.1, 0.15) is 5.56 Å². The molecular weight excluding hydrogens is 261 g/mol. The Morgan fingerprint density at radius 2 is 2.00 bits per heavy atom. The molecule has 0 fully saturated rings. The van der Waals surface area contributed by atoms with E-state index in [1.54, 1.807) is 25.1 Å². The Balaban J connectivity index is 2.38. The highest BCUT2D eigenvalue weighted by Crippen LogP contribution is 2.32. The summed E-state index contributed by atoms with van der Waals surface area (Å²) in [5.41, 5.74) is 6.31. The third-order valence-electron chi connectivity index (χ3n) is 2.18. The van der Waals surface area contributed by atoms with Crippen molar-refractivity contribution in [1.29, 1.82) is 0 Å². The number of nitrogens with two attached hydrogens (primary N) is 1. The van der Waals surface area contributed by atoms with Gasteiger partial charge in [-0.15, -0.1) is 0 Å². The number of halogens is 2. The van der Waals surface area contributed by atoms with E-state index in [0.29, 0.717) is 33.1 Å². The van der Waals surface area contributed by atoms with Crippen molar-refractivity contribution >= 4 is 29.0 Å². The molecule has 1 aromatic heterocycles. The Kier molecular flexibility index (Phi) is 3.36. The van der Waals surface area contributed by atoms with Crippen LogP contribution < -0.4 is 10.5 Å². The molecule has 6 heteroatoms. The molecule has 2 rings (SSSR count). The summed E-state index contributed by atoms with van der Waals surface area (Å²) >= 11 is 11.8. The van der Waals surface area contributed by atoms with Gasteiger partial charge in [-0.1, -0.05) is 23.2 Å². The highest BCUT2D eigenvalue weighted by Gasteiger charge is 2.09. The van der Waals surface area contributed by atoms with Crippen molar-refractivity contribution in [1.82, 2.24) is 9.97 Å². The maximum absolute atomic E-state index is 5.98. The van der Waals surface area contributed by atoms with Crippen LogP contribution in [-0.2, 0) is 0 Å². The van der Waals surface area contributed by atoms with Crippen molar-refractivity contribution in [3.8, 4) is 11.6 Å². The molecule has 0 saturated heterocycles. The van der Waals surface area contributed by atoms with Gasteiger partial charge in [0.1, 0.15) is 17.9 Å². The van der Waals surface area contributed by atoms with Crippen LogP contribution in [0, 0.1) is 6.92 Å². The van der Waals surface area contributed by atoms with E-state index in [-0.39, 0.29) is 0 Å². The minimum Gasteiger partial charge on any atom is -0.437 e. The maximum Gasteiger partial charge on any atom is 0.227 e. The largest absolute Gasteiger partial charge is 0.437 e. The fourth-order valence-corrected chi connectivity index (χ4v) is 1.53. The summed E-state index contributed by atoms with van der Waals surface area (Å²) in [4.78, 5) is 7.84. The second-order valence-corrected chi connectivity index (χ2v) is 4.21. The zero-order valence-electron chi connectivity index (χ0n) is 8.95. The zero-order chi connectivity index (χ0) is 12.4. The van der Waals surface area contributed by atoms with E-state index in [0.717, 1.165) is 0 Å². The van der Waals surface area contributed by atoms with Gasteiger partial charge in [0.15, 0.2) is 0 Å². The number of benzene rings is 1. The molecule has 2 aromatic rings. The number of nitrogens with zero attached hydrogens (tertiary/aromatic N) is 2. The second kappa shape index (κ2) is 4.77. The summed E-state index contributed by atoms with van der Waals surface area (Å²) in [7, 11) is 0. The lowest BCUT2D eigenvalue weighted by Gasteiger charge is -2.09. The van der Waals surface area contributed by atoms with Gasteiger partial charge in [0.05, 0.1) is 10.6 Å². The van der Waals surface area contributed by atoms with Gasteiger partial charge in [-0.3, -0.25) is 0 Å². The first-order chi connectivity index (χ1) is 8.08. The van der Waals surface area contributed by atoms with Gasteiger partial charge in [-0.05, 0) is 19.1 Å². The number of hydrogen-bond acceptors (Lipinski definition) is 4. The molecule has 1 heterocycles. The first-order valence-electron chi connectivity index (χ1n) is 4.78. The fraction of sp³-hybridized carbons (Fsp3) is 0.0909.